The van der Waals surface area contributed by atoms with Crippen LogP contribution in [-0.4, -0.2) is 44.3 Å². The van der Waals surface area contributed by atoms with E-state index in [-0.39, 0.29) is 22.6 Å². The second kappa shape index (κ2) is 7.41. The summed E-state index contributed by atoms with van der Waals surface area (Å²) in [6.07, 6.45) is 0. The van der Waals surface area contributed by atoms with E-state index in [1.165, 1.54) is 18.2 Å². The van der Waals surface area contributed by atoms with Crippen LogP contribution >= 0.6 is 0 Å². The van der Waals surface area contributed by atoms with Gasteiger partial charge < -0.3 is 24.8 Å². The highest BCUT2D eigenvalue weighted by atomic mass is 16.4. The topological polar surface area (TPSA) is 162 Å². The first-order chi connectivity index (χ1) is 10.7. The molecule has 23 heavy (non-hydrogen) atoms. The highest BCUT2D eigenvalue weighted by Crippen LogP contribution is 2.07. The third kappa shape index (κ3) is 5.01. The molecule has 0 bridgehead atoms. The van der Waals surface area contributed by atoms with Gasteiger partial charge in [-0.05, 0) is 30.3 Å². The Morgan fingerprint density at radius 3 is 1.30 bits per heavy atom. The normalized spacial score (nSPS) is 9.39. The van der Waals surface area contributed by atoms with Crippen LogP contribution in [0.2, 0.25) is 0 Å². The van der Waals surface area contributed by atoms with Gasteiger partial charge in [-0.1, -0.05) is 6.07 Å². The molecule has 0 fully saturated rings. The number of carbonyl (C=O) groups is 4. The maximum Gasteiger partial charge on any atom is 0.371 e. The minimum atomic E-state index is -1.28. The van der Waals surface area contributed by atoms with Gasteiger partial charge in [0.05, 0.1) is 11.1 Å². The van der Waals surface area contributed by atoms with E-state index in [9.17, 15) is 19.2 Å². The van der Waals surface area contributed by atoms with Gasteiger partial charge in [0.1, 0.15) is 0 Å². The lowest BCUT2D eigenvalue weighted by molar-refractivity contribution is 0.0626. The van der Waals surface area contributed by atoms with Crippen LogP contribution in [0.4, 0.5) is 0 Å². The van der Waals surface area contributed by atoms with Crippen molar-refractivity contribution < 1.29 is 44.0 Å². The fourth-order valence-corrected chi connectivity index (χ4v) is 1.35. The van der Waals surface area contributed by atoms with Crippen LogP contribution in [0.15, 0.2) is 40.8 Å². The maximum atomic E-state index is 10.4. The Balaban J connectivity index is 0.000000231. The molecular formula is C14H10O9. The second-order valence-corrected chi connectivity index (χ2v) is 3.97. The number of carboxylic acids is 4. The fraction of sp³-hybridized carbons (Fsp3) is 0. The van der Waals surface area contributed by atoms with Gasteiger partial charge in [0, 0.05) is 0 Å². The zero-order valence-corrected chi connectivity index (χ0v) is 11.3. The van der Waals surface area contributed by atoms with Gasteiger partial charge in [-0.2, -0.15) is 0 Å². The SMILES string of the molecule is O=C(O)c1ccc(C(=O)O)o1.O=C(O)c1cccc(C(=O)O)c1. The standard InChI is InChI=1S/C8H6O4.C6H4O5/c9-7(10)5-2-1-3-6(4-5)8(11)12;7-5(8)3-1-2-4(11-3)6(9)10/h1-4H,(H,9,10)(H,11,12);1-2H,(H,7,8)(H,9,10). The second-order valence-electron chi connectivity index (χ2n) is 3.97. The highest BCUT2D eigenvalue weighted by molar-refractivity contribution is 5.93. The summed E-state index contributed by atoms with van der Waals surface area (Å²) in [5.74, 6) is -5.56. The zero-order valence-electron chi connectivity index (χ0n) is 11.3. The summed E-state index contributed by atoms with van der Waals surface area (Å²) in [7, 11) is 0. The molecule has 0 amide bonds. The average Bonchev–Trinajstić information content (AvgIpc) is 2.98. The molecule has 120 valence electrons. The molecule has 9 nitrogen and oxygen atoms in total. The molecule has 0 unspecified atom stereocenters. The van der Waals surface area contributed by atoms with E-state index in [1.807, 2.05) is 0 Å². The van der Waals surface area contributed by atoms with Crippen molar-refractivity contribution in [2.24, 2.45) is 0 Å². The average molecular weight is 322 g/mol. The lowest BCUT2D eigenvalue weighted by Crippen LogP contribution is -2.01. The van der Waals surface area contributed by atoms with Gasteiger partial charge in [-0.15, -0.1) is 0 Å². The largest absolute Gasteiger partial charge is 0.478 e. The summed E-state index contributed by atoms with van der Waals surface area (Å²) < 4.78 is 4.41. The first-order valence-corrected chi connectivity index (χ1v) is 5.85. The van der Waals surface area contributed by atoms with E-state index in [4.69, 9.17) is 20.4 Å². The molecular weight excluding hydrogens is 312 g/mol. The summed E-state index contributed by atoms with van der Waals surface area (Å²) in [5, 5.41) is 33.6. The highest BCUT2D eigenvalue weighted by Gasteiger charge is 2.12. The summed E-state index contributed by atoms with van der Waals surface area (Å²) in [6, 6.07) is 7.37. The molecule has 0 spiro atoms. The van der Waals surface area contributed by atoms with E-state index >= 15 is 0 Å². The molecule has 2 rings (SSSR count). The molecule has 1 heterocycles. The van der Waals surface area contributed by atoms with Crippen LogP contribution in [0, 0.1) is 0 Å². The van der Waals surface area contributed by atoms with E-state index in [0.717, 1.165) is 18.2 Å². The van der Waals surface area contributed by atoms with Gasteiger partial charge in [0.2, 0.25) is 11.5 Å². The molecule has 9 heteroatoms. The smallest absolute Gasteiger partial charge is 0.371 e. The summed E-state index contributed by atoms with van der Waals surface area (Å²) in [4.78, 5) is 41.1. The third-order valence-electron chi connectivity index (χ3n) is 2.38. The Morgan fingerprint density at radius 2 is 1.04 bits per heavy atom. The van der Waals surface area contributed by atoms with Crippen molar-refractivity contribution >= 4 is 23.9 Å². The quantitative estimate of drug-likeness (QED) is 0.656. The van der Waals surface area contributed by atoms with Crippen LogP contribution in [-0.2, 0) is 0 Å². The Labute approximate surface area is 128 Å². The van der Waals surface area contributed by atoms with Gasteiger partial charge >= 0.3 is 23.9 Å². The van der Waals surface area contributed by atoms with Gasteiger partial charge in [0.25, 0.3) is 0 Å². The predicted octanol–water partition coefficient (Wildman–Crippen LogP) is 1.76. The Kier molecular flexibility index (Phi) is 5.61. The summed E-state index contributed by atoms with van der Waals surface area (Å²) in [5.41, 5.74) is -0.0372. The van der Waals surface area contributed by atoms with Gasteiger partial charge in [0.15, 0.2) is 0 Å². The number of hydrogen-bond donors (Lipinski definition) is 4. The van der Waals surface area contributed by atoms with Crippen LogP contribution in [0.1, 0.15) is 41.8 Å². The van der Waals surface area contributed by atoms with Gasteiger partial charge in [-0.3, -0.25) is 0 Å². The minimum Gasteiger partial charge on any atom is -0.478 e. The number of carboxylic acid groups (broad SMARTS) is 4. The number of furan rings is 1. The first kappa shape index (κ1) is 17.4. The molecule has 0 saturated carbocycles. The number of benzene rings is 1. The number of aromatic carboxylic acids is 4. The molecule has 0 radical (unpaired) electrons. The third-order valence-corrected chi connectivity index (χ3v) is 2.38. The molecule has 2 aromatic rings. The van der Waals surface area contributed by atoms with Crippen LogP contribution in [0.5, 0.6) is 0 Å². The van der Waals surface area contributed by atoms with E-state index in [2.05, 4.69) is 4.42 Å². The predicted molar refractivity (Wildman–Crippen MR) is 73.0 cm³/mol. The van der Waals surface area contributed by atoms with Crippen molar-refractivity contribution in [3.05, 3.63) is 59.0 Å². The monoisotopic (exact) mass is 322 g/mol. The van der Waals surface area contributed by atoms with Crippen molar-refractivity contribution in [1.82, 2.24) is 0 Å². The Hall–Kier alpha value is -3.62. The van der Waals surface area contributed by atoms with Crippen molar-refractivity contribution in [2.75, 3.05) is 0 Å². The van der Waals surface area contributed by atoms with Crippen LogP contribution in [0.3, 0.4) is 0 Å². The van der Waals surface area contributed by atoms with Crippen LogP contribution < -0.4 is 0 Å². The maximum absolute atomic E-state index is 10.4. The number of rotatable bonds is 4. The lowest BCUT2D eigenvalue weighted by Gasteiger charge is -1.95. The van der Waals surface area contributed by atoms with Crippen molar-refractivity contribution in [3.63, 3.8) is 0 Å². The molecule has 1 aromatic carbocycles. The van der Waals surface area contributed by atoms with E-state index in [0.29, 0.717) is 0 Å². The molecule has 0 atom stereocenters. The molecule has 0 aliphatic heterocycles. The first-order valence-electron chi connectivity index (χ1n) is 5.85. The molecule has 0 saturated heterocycles. The Morgan fingerprint density at radius 1 is 0.652 bits per heavy atom. The van der Waals surface area contributed by atoms with Crippen molar-refractivity contribution in [3.8, 4) is 0 Å². The van der Waals surface area contributed by atoms with E-state index < -0.39 is 23.9 Å². The molecule has 0 aliphatic carbocycles. The fourth-order valence-electron chi connectivity index (χ4n) is 1.35. The summed E-state index contributed by atoms with van der Waals surface area (Å²) >= 11 is 0. The summed E-state index contributed by atoms with van der Waals surface area (Å²) in [6.45, 7) is 0. The van der Waals surface area contributed by atoms with Gasteiger partial charge in [-0.25, -0.2) is 19.2 Å². The molecule has 0 aliphatic rings. The zero-order chi connectivity index (χ0) is 17.6. The molecule has 4 N–H and O–H groups in total. The van der Waals surface area contributed by atoms with Crippen LogP contribution in [0.25, 0.3) is 0 Å². The lowest BCUT2D eigenvalue weighted by atomic mass is 10.1. The van der Waals surface area contributed by atoms with Crippen molar-refractivity contribution in [2.45, 2.75) is 0 Å². The van der Waals surface area contributed by atoms with Crippen molar-refractivity contribution in [1.29, 1.82) is 0 Å². The Bertz CT molecular complexity index is 699. The molecule has 1 aromatic heterocycles. The minimum absolute atomic E-state index is 0.0186. The number of hydrogen-bond acceptors (Lipinski definition) is 5. The van der Waals surface area contributed by atoms with E-state index in [1.54, 1.807) is 0 Å².